The average Bonchev–Trinajstić information content (AvgIpc) is 2.75. The van der Waals surface area contributed by atoms with Gasteiger partial charge in [0.15, 0.2) is 0 Å². The quantitative estimate of drug-likeness (QED) is 0.880. The van der Waals surface area contributed by atoms with Gasteiger partial charge in [0.25, 0.3) is 0 Å². The number of thiazole rings is 1. The molecule has 5 nitrogen and oxygen atoms in total. The predicted molar refractivity (Wildman–Crippen MR) is 76.8 cm³/mol. The van der Waals surface area contributed by atoms with E-state index in [2.05, 4.69) is 25.6 Å². The minimum absolute atomic E-state index is 0.112. The SMILES string of the molecule is Cc1nc(CCNc2cc(OC(C)C)ncn2)cs1. The van der Waals surface area contributed by atoms with Gasteiger partial charge in [0.05, 0.1) is 16.8 Å². The van der Waals surface area contributed by atoms with Crippen LogP contribution in [0.25, 0.3) is 0 Å². The van der Waals surface area contributed by atoms with Crippen molar-refractivity contribution in [3.63, 3.8) is 0 Å². The van der Waals surface area contributed by atoms with Crippen molar-refractivity contribution in [2.45, 2.75) is 33.3 Å². The van der Waals surface area contributed by atoms with Crippen LogP contribution in [-0.4, -0.2) is 27.6 Å². The second kappa shape index (κ2) is 6.47. The molecule has 0 radical (unpaired) electrons. The van der Waals surface area contributed by atoms with Crippen LogP contribution >= 0.6 is 11.3 Å². The number of hydrogen-bond acceptors (Lipinski definition) is 6. The summed E-state index contributed by atoms with van der Waals surface area (Å²) in [6.07, 6.45) is 2.50. The Morgan fingerprint density at radius 3 is 2.89 bits per heavy atom. The summed E-state index contributed by atoms with van der Waals surface area (Å²) in [6, 6.07) is 1.81. The Hall–Kier alpha value is -1.69. The highest BCUT2D eigenvalue weighted by Crippen LogP contribution is 2.13. The fourth-order valence-corrected chi connectivity index (χ4v) is 2.23. The minimum Gasteiger partial charge on any atom is -0.475 e. The Balaban J connectivity index is 1.85. The van der Waals surface area contributed by atoms with Gasteiger partial charge in [-0.25, -0.2) is 15.0 Å². The van der Waals surface area contributed by atoms with Crippen LogP contribution in [0.15, 0.2) is 17.8 Å². The fraction of sp³-hybridized carbons (Fsp3) is 0.462. The first kappa shape index (κ1) is 13.7. The van der Waals surface area contributed by atoms with Crippen molar-refractivity contribution >= 4 is 17.2 Å². The maximum absolute atomic E-state index is 5.52. The number of rotatable bonds is 6. The van der Waals surface area contributed by atoms with Gasteiger partial charge in [-0.2, -0.15) is 0 Å². The molecule has 0 aliphatic rings. The van der Waals surface area contributed by atoms with Crippen molar-refractivity contribution < 1.29 is 4.74 Å². The molecule has 0 fully saturated rings. The van der Waals surface area contributed by atoms with Crippen molar-refractivity contribution in [3.05, 3.63) is 28.5 Å². The van der Waals surface area contributed by atoms with Gasteiger partial charge in [0.1, 0.15) is 12.1 Å². The zero-order valence-corrected chi connectivity index (χ0v) is 12.2. The maximum Gasteiger partial charge on any atom is 0.218 e. The Labute approximate surface area is 117 Å². The molecule has 0 saturated carbocycles. The van der Waals surface area contributed by atoms with Crippen LogP contribution in [0.4, 0.5) is 5.82 Å². The summed E-state index contributed by atoms with van der Waals surface area (Å²) in [5.41, 5.74) is 1.11. The van der Waals surface area contributed by atoms with E-state index in [-0.39, 0.29) is 6.10 Å². The second-order valence-electron chi connectivity index (χ2n) is 4.44. The number of aryl methyl sites for hydroxylation is 1. The van der Waals surface area contributed by atoms with E-state index in [0.29, 0.717) is 5.88 Å². The van der Waals surface area contributed by atoms with Crippen molar-refractivity contribution in [1.29, 1.82) is 0 Å². The number of aromatic nitrogens is 3. The lowest BCUT2D eigenvalue weighted by Gasteiger charge is -2.09. The zero-order valence-electron chi connectivity index (χ0n) is 11.4. The summed E-state index contributed by atoms with van der Waals surface area (Å²) in [5, 5.41) is 6.44. The third-order valence-electron chi connectivity index (χ3n) is 2.35. The van der Waals surface area contributed by atoms with Gasteiger partial charge in [-0.1, -0.05) is 0 Å². The van der Waals surface area contributed by atoms with Gasteiger partial charge >= 0.3 is 0 Å². The van der Waals surface area contributed by atoms with Gasteiger partial charge in [-0.3, -0.25) is 0 Å². The summed E-state index contributed by atoms with van der Waals surface area (Å²) in [4.78, 5) is 12.6. The lowest BCUT2D eigenvalue weighted by molar-refractivity contribution is 0.232. The van der Waals surface area contributed by atoms with Gasteiger partial charge in [-0.15, -0.1) is 11.3 Å². The average molecular weight is 278 g/mol. The topological polar surface area (TPSA) is 59.9 Å². The first-order valence-electron chi connectivity index (χ1n) is 6.27. The van der Waals surface area contributed by atoms with E-state index in [1.165, 1.54) is 6.33 Å². The molecule has 0 saturated heterocycles. The number of ether oxygens (including phenoxy) is 1. The fourth-order valence-electron chi connectivity index (χ4n) is 1.58. The molecule has 102 valence electrons. The highest BCUT2D eigenvalue weighted by molar-refractivity contribution is 7.09. The highest BCUT2D eigenvalue weighted by atomic mass is 32.1. The third kappa shape index (κ3) is 4.48. The third-order valence-corrected chi connectivity index (χ3v) is 3.17. The van der Waals surface area contributed by atoms with Crippen LogP contribution in [-0.2, 0) is 6.42 Å². The van der Waals surface area contributed by atoms with Crippen molar-refractivity contribution in [1.82, 2.24) is 15.0 Å². The summed E-state index contributed by atoms with van der Waals surface area (Å²) in [6.45, 7) is 6.75. The van der Waals surface area contributed by atoms with Crippen LogP contribution in [0.1, 0.15) is 24.5 Å². The normalized spacial score (nSPS) is 10.7. The van der Waals surface area contributed by atoms with E-state index in [0.717, 1.165) is 29.5 Å². The molecule has 19 heavy (non-hydrogen) atoms. The number of anilines is 1. The van der Waals surface area contributed by atoms with Gasteiger partial charge in [-0.05, 0) is 20.8 Å². The molecule has 0 spiro atoms. The van der Waals surface area contributed by atoms with E-state index >= 15 is 0 Å². The molecule has 6 heteroatoms. The van der Waals surface area contributed by atoms with E-state index in [1.807, 2.05) is 26.8 Å². The molecule has 0 aromatic carbocycles. The molecule has 1 N–H and O–H groups in total. The van der Waals surface area contributed by atoms with Crippen LogP contribution in [0.5, 0.6) is 5.88 Å². The second-order valence-corrected chi connectivity index (χ2v) is 5.50. The highest BCUT2D eigenvalue weighted by Gasteiger charge is 2.02. The Morgan fingerprint density at radius 1 is 1.37 bits per heavy atom. The Kier molecular flexibility index (Phi) is 4.68. The molecule has 2 aromatic rings. The molecule has 2 heterocycles. The largest absolute Gasteiger partial charge is 0.475 e. The lowest BCUT2D eigenvalue weighted by atomic mass is 10.3. The molecular weight excluding hydrogens is 260 g/mol. The van der Waals surface area contributed by atoms with Crippen LogP contribution in [0.2, 0.25) is 0 Å². The number of hydrogen-bond donors (Lipinski definition) is 1. The predicted octanol–water partition coefficient (Wildman–Crippen LogP) is 2.68. The molecule has 0 atom stereocenters. The van der Waals surface area contributed by atoms with Crippen LogP contribution in [0.3, 0.4) is 0 Å². The molecule has 0 aliphatic carbocycles. The smallest absolute Gasteiger partial charge is 0.218 e. The summed E-state index contributed by atoms with van der Waals surface area (Å²) in [5.74, 6) is 1.37. The van der Waals surface area contributed by atoms with E-state index in [4.69, 9.17) is 4.74 Å². The molecule has 0 unspecified atom stereocenters. The van der Waals surface area contributed by atoms with Crippen molar-refractivity contribution in [2.75, 3.05) is 11.9 Å². The Morgan fingerprint density at radius 2 is 2.21 bits per heavy atom. The van der Waals surface area contributed by atoms with Crippen LogP contribution in [0, 0.1) is 6.92 Å². The minimum atomic E-state index is 0.112. The van der Waals surface area contributed by atoms with E-state index < -0.39 is 0 Å². The van der Waals surface area contributed by atoms with Crippen molar-refractivity contribution in [3.8, 4) is 5.88 Å². The van der Waals surface area contributed by atoms with Gasteiger partial charge in [0, 0.05) is 24.4 Å². The zero-order chi connectivity index (χ0) is 13.7. The van der Waals surface area contributed by atoms with E-state index in [1.54, 1.807) is 11.3 Å². The monoisotopic (exact) mass is 278 g/mol. The Bertz CT molecular complexity index is 527. The molecular formula is C13H18N4OS. The standard InChI is InChI=1S/C13H18N4OS/c1-9(2)18-13-6-12(15-8-16-13)14-5-4-11-7-19-10(3)17-11/h6-9H,4-5H2,1-3H3,(H,14,15,16). The molecule has 2 aromatic heterocycles. The summed E-state index contributed by atoms with van der Waals surface area (Å²) < 4.78 is 5.52. The molecule has 0 aliphatic heterocycles. The van der Waals surface area contributed by atoms with Crippen molar-refractivity contribution in [2.24, 2.45) is 0 Å². The summed E-state index contributed by atoms with van der Waals surface area (Å²) >= 11 is 1.68. The molecule has 2 rings (SSSR count). The molecule has 0 amide bonds. The van der Waals surface area contributed by atoms with Gasteiger partial charge in [0.2, 0.25) is 5.88 Å². The maximum atomic E-state index is 5.52. The lowest BCUT2D eigenvalue weighted by Crippen LogP contribution is -2.09. The van der Waals surface area contributed by atoms with Crippen LogP contribution < -0.4 is 10.1 Å². The summed E-state index contributed by atoms with van der Waals surface area (Å²) in [7, 11) is 0. The first-order chi connectivity index (χ1) is 9.13. The number of nitrogens with zero attached hydrogens (tertiary/aromatic N) is 3. The number of nitrogens with one attached hydrogen (secondary N) is 1. The first-order valence-corrected chi connectivity index (χ1v) is 7.15. The molecule has 0 bridgehead atoms. The van der Waals surface area contributed by atoms with Gasteiger partial charge < -0.3 is 10.1 Å². The van der Waals surface area contributed by atoms with E-state index in [9.17, 15) is 0 Å².